The highest BCUT2D eigenvalue weighted by molar-refractivity contribution is 5.80. The number of amides is 1. The molecule has 0 bridgehead atoms. The molecule has 0 aromatic heterocycles. The van der Waals surface area contributed by atoms with Gasteiger partial charge in [-0.25, -0.2) is 0 Å². The zero-order valence-electron chi connectivity index (χ0n) is 32.9. The average molecular weight is 742 g/mol. The van der Waals surface area contributed by atoms with Crippen molar-refractivity contribution >= 4 is 5.91 Å². The summed E-state index contributed by atoms with van der Waals surface area (Å²) in [6.07, 6.45) is 26.9. The van der Waals surface area contributed by atoms with Crippen LogP contribution in [0.15, 0.2) is 24.3 Å². The second-order valence-electron chi connectivity index (χ2n) is 14.9. The molecule has 10 nitrogen and oxygen atoms in total. The number of ether oxygens (including phenoxy) is 2. The molecule has 1 aliphatic heterocycles. The standard InChI is InChI=1S/C42H79NO9/c1-3-5-7-9-11-13-15-16-17-18-19-20-21-23-24-26-28-30-35(45)34(33-51-42-40(49)39(48)38(47)37(32-44)52-42)43-41(50)36(46)31-29-27-25-22-14-12-10-8-6-4-2/h16-17,28,30,34-40,42,44-49H,3-15,18-27,29,31-33H2,1-2H3,(H,43,50)/b17-16-,30-28+/t34-,35+,36+,37+,38+,39-,40+,42+/m0/s1. The molecule has 1 heterocycles. The van der Waals surface area contributed by atoms with E-state index < -0.39 is 61.5 Å². The first kappa shape index (κ1) is 48.6. The van der Waals surface area contributed by atoms with Crippen molar-refractivity contribution in [3.63, 3.8) is 0 Å². The first-order valence-corrected chi connectivity index (χ1v) is 21.2. The van der Waals surface area contributed by atoms with Gasteiger partial charge in [0.25, 0.3) is 0 Å². The molecule has 8 atom stereocenters. The fraction of sp³-hybridized carbons (Fsp3) is 0.881. The van der Waals surface area contributed by atoms with E-state index in [0.29, 0.717) is 6.42 Å². The first-order valence-electron chi connectivity index (χ1n) is 21.2. The molecule has 0 aliphatic carbocycles. The Hall–Kier alpha value is -1.37. The van der Waals surface area contributed by atoms with Crippen LogP contribution in [-0.2, 0) is 14.3 Å². The molecule has 0 aromatic rings. The molecule has 0 unspecified atom stereocenters. The van der Waals surface area contributed by atoms with Gasteiger partial charge in [0.15, 0.2) is 6.29 Å². The van der Waals surface area contributed by atoms with Crippen molar-refractivity contribution in [3.05, 3.63) is 24.3 Å². The van der Waals surface area contributed by atoms with E-state index in [2.05, 4.69) is 31.3 Å². The van der Waals surface area contributed by atoms with Gasteiger partial charge >= 0.3 is 0 Å². The molecule has 1 rings (SSSR count). The molecular weight excluding hydrogens is 662 g/mol. The van der Waals surface area contributed by atoms with Crippen LogP contribution in [0.1, 0.15) is 174 Å². The SMILES string of the molecule is CCCCCCCC/C=C\CCCCCCC/C=C/[C@@H](O)[C@H](CO[C@@H]1O[C@H](CO)[C@@H](O)[C@H](O)[C@H]1O)NC(=O)[C@H](O)CCCCCCCCCCCC. The number of unbranched alkanes of at least 4 members (excludes halogenated alkanes) is 21. The number of aliphatic hydroxyl groups excluding tert-OH is 6. The van der Waals surface area contributed by atoms with E-state index in [1.54, 1.807) is 6.08 Å². The van der Waals surface area contributed by atoms with Crippen molar-refractivity contribution in [3.8, 4) is 0 Å². The van der Waals surface area contributed by atoms with Crippen LogP contribution in [0.25, 0.3) is 0 Å². The van der Waals surface area contributed by atoms with Crippen LogP contribution in [0.2, 0.25) is 0 Å². The molecule has 1 saturated heterocycles. The number of carbonyl (C=O) groups is 1. The maximum atomic E-state index is 12.9. The zero-order chi connectivity index (χ0) is 38.2. The van der Waals surface area contributed by atoms with Gasteiger partial charge in [0.05, 0.1) is 25.4 Å². The summed E-state index contributed by atoms with van der Waals surface area (Å²) in [4.78, 5) is 12.9. The minimum absolute atomic E-state index is 0.307. The number of hydrogen-bond donors (Lipinski definition) is 7. The van der Waals surface area contributed by atoms with Gasteiger partial charge in [0.1, 0.15) is 30.5 Å². The minimum atomic E-state index is -1.61. The third kappa shape index (κ3) is 23.4. The van der Waals surface area contributed by atoms with Crippen molar-refractivity contribution in [1.82, 2.24) is 5.32 Å². The van der Waals surface area contributed by atoms with Crippen LogP contribution in [0.4, 0.5) is 0 Å². The summed E-state index contributed by atoms with van der Waals surface area (Å²) in [5, 5.41) is 64.4. The summed E-state index contributed by atoms with van der Waals surface area (Å²) in [5.41, 5.74) is 0. The second kappa shape index (κ2) is 33.0. The molecule has 52 heavy (non-hydrogen) atoms. The molecule has 0 radical (unpaired) electrons. The number of allylic oxidation sites excluding steroid dienone is 3. The highest BCUT2D eigenvalue weighted by Gasteiger charge is 2.44. The maximum Gasteiger partial charge on any atom is 0.249 e. The third-order valence-electron chi connectivity index (χ3n) is 10.1. The lowest BCUT2D eigenvalue weighted by Crippen LogP contribution is -2.60. The molecular formula is C42H79NO9. The van der Waals surface area contributed by atoms with Crippen LogP contribution < -0.4 is 5.32 Å². The Labute approximate surface area is 316 Å². The number of carbonyl (C=O) groups excluding carboxylic acids is 1. The summed E-state index contributed by atoms with van der Waals surface area (Å²) >= 11 is 0. The van der Waals surface area contributed by atoms with Gasteiger partial charge in [-0.3, -0.25) is 4.79 Å². The van der Waals surface area contributed by atoms with E-state index in [1.807, 2.05) is 6.08 Å². The van der Waals surface area contributed by atoms with Crippen molar-refractivity contribution in [2.45, 2.75) is 223 Å². The molecule has 1 aliphatic rings. The van der Waals surface area contributed by atoms with E-state index in [4.69, 9.17) is 9.47 Å². The minimum Gasteiger partial charge on any atom is -0.394 e. The zero-order valence-corrected chi connectivity index (χ0v) is 32.9. The molecule has 10 heteroatoms. The van der Waals surface area contributed by atoms with Gasteiger partial charge in [-0.2, -0.15) is 0 Å². The van der Waals surface area contributed by atoms with E-state index in [9.17, 15) is 35.4 Å². The molecule has 7 N–H and O–H groups in total. The van der Waals surface area contributed by atoms with Crippen molar-refractivity contribution in [1.29, 1.82) is 0 Å². The Kier molecular flexibility index (Phi) is 30.9. The Balaban J connectivity index is 2.48. The van der Waals surface area contributed by atoms with Crippen LogP contribution in [0, 0.1) is 0 Å². The van der Waals surface area contributed by atoms with E-state index in [-0.39, 0.29) is 6.61 Å². The fourth-order valence-corrected chi connectivity index (χ4v) is 6.57. The lowest BCUT2D eigenvalue weighted by atomic mass is 9.99. The Bertz CT molecular complexity index is 886. The topological polar surface area (TPSA) is 169 Å². The van der Waals surface area contributed by atoms with Gasteiger partial charge in [-0.1, -0.05) is 154 Å². The highest BCUT2D eigenvalue weighted by atomic mass is 16.7. The lowest BCUT2D eigenvalue weighted by molar-refractivity contribution is -0.302. The fourth-order valence-electron chi connectivity index (χ4n) is 6.57. The average Bonchev–Trinajstić information content (AvgIpc) is 3.14. The van der Waals surface area contributed by atoms with Crippen LogP contribution >= 0.6 is 0 Å². The van der Waals surface area contributed by atoms with Gasteiger partial charge in [0.2, 0.25) is 5.91 Å². The molecule has 1 amide bonds. The molecule has 1 fully saturated rings. The van der Waals surface area contributed by atoms with Gasteiger partial charge in [-0.15, -0.1) is 0 Å². The van der Waals surface area contributed by atoms with Crippen LogP contribution in [-0.4, -0.2) is 98.7 Å². The first-order chi connectivity index (χ1) is 25.3. The third-order valence-corrected chi connectivity index (χ3v) is 10.1. The van der Waals surface area contributed by atoms with Gasteiger partial charge < -0.3 is 45.4 Å². The van der Waals surface area contributed by atoms with Gasteiger partial charge in [0, 0.05) is 0 Å². The van der Waals surface area contributed by atoms with Crippen molar-refractivity contribution in [2.75, 3.05) is 13.2 Å². The highest BCUT2D eigenvalue weighted by Crippen LogP contribution is 2.22. The monoisotopic (exact) mass is 742 g/mol. The number of hydrogen-bond acceptors (Lipinski definition) is 9. The summed E-state index contributed by atoms with van der Waals surface area (Å²) in [6.45, 7) is 3.56. The normalized spacial score (nSPS) is 22.7. The predicted molar refractivity (Wildman–Crippen MR) is 209 cm³/mol. The van der Waals surface area contributed by atoms with E-state index >= 15 is 0 Å². The number of nitrogens with one attached hydrogen (secondary N) is 1. The Morgan fingerprint density at radius 3 is 1.62 bits per heavy atom. The lowest BCUT2D eigenvalue weighted by Gasteiger charge is -2.40. The molecule has 0 saturated carbocycles. The summed E-state index contributed by atoms with van der Waals surface area (Å²) < 4.78 is 11.1. The van der Waals surface area contributed by atoms with Crippen molar-refractivity contribution < 1.29 is 44.9 Å². The molecule has 0 spiro atoms. The number of aliphatic hydroxyl groups is 6. The van der Waals surface area contributed by atoms with E-state index in [0.717, 1.165) is 57.8 Å². The quantitative estimate of drug-likeness (QED) is 0.0274. The molecule has 306 valence electrons. The second-order valence-corrected chi connectivity index (χ2v) is 14.9. The maximum absolute atomic E-state index is 12.9. The predicted octanol–water partition coefficient (Wildman–Crippen LogP) is 6.91. The largest absolute Gasteiger partial charge is 0.394 e. The Morgan fingerprint density at radius 1 is 0.654 bits per heavy atom. The molecule has 0 aromatic carbocycles. The smallest absolute Gasteiger partial charge is 0.249 e. The van der Waals surface area contributed by atoms with Crippen molar-refractivity contribution in [2.24, 2.45) is 0 Å². The summed E-state index contributed by atoms with van der Waals surface area (Å²) in [6, 6.07) is -0.979. The van der Waals surface area contributed by atoms with E-state index in [1.165, 1.54) is 96.3 Å². The Morgan fingerprint density at radius 2 is 1.12 bits per heavy atom. The summed E-state index contributed by atoms with van der Waals surface area (Å²) in [7, 11) is 0. The van der Waals surface area contributed by atoms with Gasteiger partial charge in [-0.05, 0) is 44.9 Å². The summed E-state index contributed by atoms with van der Waals surface area (Å²) in [5.74, 6) is -0.622. The van der Waals surface area contributed by atoms with Crippen LogP contribution in [0.3, 0.4) is 0 Å². The number of rotatable bonds is 34. The van der Waals surface area contributed by atoms with Crippen LogP contribution in [0.5, 0.6) is 0 Å².